The minimum absolute atomic E-state index is 0. The van der Waals surface area contributed by atoms with Crippen molar-refractivity contribution in [3.8, 4) is 0 Å². The third-order valence-electron chi connectivity index (χ3n) is 5.95. The van der Waals surface area contributed by atoms with Crippen molar-refractivity contribution in [1.29, 1.82) is 0 Å². The molecule has 2 aliphatic rings. The molecule has 0 radical (unpaired) electrons. The summed E-state index contributed by atoms with van der Waals surface area (Å²) in [7, 11) is 0. The molecule has 6 nitrogen and oxygen atoms in total. The van der Waals surface area contributed by atoms with Gasteiger partial charge in [0.15, 0.2) is 11.4 Å². The number of fused-ring (bicyclic) bond motifs is 1. The van der Waals surface area contributed by atoms with Crippen LogP contribution < -0.4 is 11.0 Å². The fraction of sp³-hybridized carbons (Fsp3) is 0.304. The summed E-state index contributed by atoms with van der Waals surface area (Å²) < 4.78 is 48.1. The van der Waals surface area contributed by atoms with Crippen molar-refractivity contribution in [1.82, 2.24) is 19.4 Å². The fourth-order valence-electron chi connectivity index (χ4n) is 4.55. The number of hydrogen-bond acceptors (Lipinski definition) is 4. The summed E-state index contributed by atoms with van der Waals surface area (Å²) in [5, 5.41) is 3.19. The topological polar surface area (TPSA) is 61.1 Å². The van der Waals surface area contributed by atoms with Gasteiger partial charge in [0.25, 0.3) is 0 Å². The van der Waals surface area contributed by atoms with Crippen molar-refractivity contribution in [2.45, 2.75) is 31.0 Å². The van der Waals surface area contributed by atoms with Crippen LogP contribution in [0.3, 0.4) is 0 Å². The molecule has 1 fully saturated rings. The van der Waals surface area contributed by atoms with Gasteiger partial charge in [-0.3, -0.25) is 13.9 Å². The van der Waals surface area contributed by atoms with E-state index in [0.29, 0.717) is 24.1 Å². The Hall–Kier alpha value is -2.88. The summed E-state index contributed by atoms with van der Waals surface area (Å²) in [5.41, 5.74) is -0.332. The number of alkyl halides is 3. The highest BCUT2D eigenvalue weighted by atomic mass is 35.5. The predicted octanol–water partition coefficient (Wildman–Crippen LogP) is 4.39. The first kappa shape index (κ1) is 23.3. The molecule has 10 heteroatoms. The van der Waals surface area contributed by atoms with Crippen molar-refractivity contribution in [2.24, 2.45) is 0 Å². The number of pyridine rings is 1. The number of rotatable bonds is 4. The lowest BCUT2D eigenvalue weighted by Gasteiger charge is -2.34. The van der Waals surface area contributed by atoms with Crippen LogP contribution in [0.4, 0.5) is 13.2 Å². The first-order chi connectivity index (χ1) is 15.4. The van der Waals surface area contributed by atoms with Gasteiger partial charge < -0.3 is 5.32 Å². The van der Waals surface area contributed by atoms with Crippen LogP contribution in [0.25, 0.3) is 16.7 Å². The Morgan fingerprint density at radius 2 is 1.94 bits per heavy atom. The maximum absolute atomic E-state index is 13.6. The number of hydrogen-bond donors (Lipinski definition) is 1. The largest absolute Gasteiger partial charge is 0.524 e. The third-order valence-corrected chi connectivity index (χ3v) is 5.95. The van der Waals surface area contributed by atoms with Gasteiger partial charge in [0, 0.05) is 19.2 Å². The van der Waals surface area contributed by atoms with Crippen LogP contribution in [0.5, 0.6) is 0 Å². The Bertz CT molecular complexity index is 1260. The van der Waals surface area contributed by atoms with E-state index in [4.69, 9.17) is 0 Å². The molecule has 0 amide bonds. The molecule has 0 saturated carbocycles. The molecule has 1 saturated heterocycles. The zero-order valence-corrected chi connectivity index (χ0v) is 18.3. The highest BCUT2D eigenvalue weighted by molar-refractivity contribution is 5.85. The van der Waals surface area contributed by atoms with E-state index in [0.717, 1.165) is 22.2 Å². The second-order valence-corrected chi connectivity index (χ2v) is 7.94. The van der Waals surface area contributed by atoms with Gasteiger partial charge in [-0.05, 0) is 42.3 Å². The normalized spacial score (nSPS) is 22.9. The van der Waals surface area contributed by atoms with E-state index in [-0.39, 0.29) is 24.9 Å². The second kappa shape index (κ2) is 8.81. The van der Waals surface area contributed by atoms with Crippen LogP contribution in [0.2, 0.25) is 0 Å². The molecule has 174 valence electrons. The molecule has 2 atom stereocenters. The minimum atomic E-state index is -4.95. The van der Waals surface area contributed by atoms with E-state index < -0.39 is 17.8 Å². The number of ether oxygens (including phenoxy) is 1. The summed E-state index contributed by atoms with van der Waals surface area (Å²) in [6, 6.07) is 12.4. The Morgan fingerprint density at radius 3 is 2.58 bits per heavy atom. The first-order valence-electron chi connectivity index (χ1n) is 10.4. The standard InChI is InChI=1S/C23H21F3N4O2.ClH/c24-23(25,26)32-22(11-8-17(9-12-22)16-5-2-1-3-6-16)30-19-7-4-13-28-20(19)29(21(30)31)18-10-14-27-15-18;/h1-9,11,13,18,27H,10,12,14-15H2;1H/t18?,22-;/m1./s1. The second-order valence-electron chi connectivity index (χ2n) is 7.94. The van der Waals surface area contributed by atoms with Crippen molar-refractivity contribution < 1.29 is 17.9 Å². The molecule has 3 heterocycles. The van der Waals surface area contributed by atoms with E-state index >= 15 is 0 Å². The van der Waals surface area contributed by atoms with E-state index in [2.05, 4.69) is 15.0 Å². The molecule has 5 rings (SSSR count). The van der Waals surface area contributed by atoms with Crippen molar-refractivity contribution >= 4 is 29.1 Å². The molecular weight excluding hydrogens is 457 g/mol. The van der Waals surface area contributed by atoms with Crippen LogP contribution in [0, 0.1) is 0 Å². The predicted molar refractivity (Wildman–Crippen MR) is 121 cm³/mol. The number of benzene rings is 1. The van der Waals surface area contributed by atoms with Gasteiger partial charge in [0.2, 0.25) is 0 Å². The monoisotopic (exact) mass is 478 g/mol. The van der Waals surface area contributed by atoms with Crippen LogP contribution in [0.1, 0.15) is 24.4 Å². The highest BCUT2D eigenvalue weighted by Gasteiger charge is 2.46. The fourth-order valence-corrected chi connectivity index (χ4v) is 4.55. The van der Waals surface area contributed by atoms with Crippen LogP contribution in [-0.4, -0.2) is 33.6 Å². The number of nitrogens with zero attached hydrogens (tertiary/aromatic N) is 3. The first-order valence-corrected chi connectivity index (χ1v) is 10.4. The Labute approximate surface area is 193 Å². The van der Waals surface area contributed by atoms with Crippen molar-refractivity contribution in [3.63, 3.8) is 0 Å². The summed E-state index contributed by atoms with van der Waals surface area (Å²) in [4.78, 5) is 17.9. The van der Waals surface area contributed by atoms with Crippen molar-refractivity contribution in [3.05, 3.63) is 82.9 Å². The summed E-state index contributed by atoms with van der Waals surface area (Å²) in [6.45, 7) is 1.28. The Morgan fingerprint density at radius 1 is 1.15 bits per heavy atom. The minimum Gasteiger partial charge on any atom is -0.315 e. The van der Waals surface area contributed by atoms with Gasteiger partial charge >= 0.3 is 12.1 Å². The molecule has 1 aliphatic carbocycles. The maximum atomic E-state index is 13.6. The summed E-state index contributed by atoms with van der Waals surface area (Å²) in [5.74, 6) is 0. The van der Waals surface area contributed by atoms with Gasteiger partial charge in [-0.2, -0.15) is 0 Å². The number of allylic oxidation sites excluding steroid dienone is 2. The number of imidazole rings is 1. The number of aromatic nitrogens is 3. The Kier molecular flexibility index (Phi) is 6.22. The van der Waals surface area contributed by atoms with Gasteiger partial charge in [0.1, 0.15) is 0 Å². The molecule has 0 bridgehead atoms. The quantitative estimate of drug-likeness (QED) is 0.604. The number of halogens is 4. The Balaban J connectivity index is 0.00000259. The van der Waals surface area contributed by atoms with Gasteiger partial charge in [-0.15, -0.1) is 25.6 Å². The van der Waals surface area contributed by atoms with Crippen LogP contribution >= 0.6 is 12.4 Å². The van der Waals surface area contributed by atoms with E-state index in [1.165, 1.54) is 16.8 Å². The molecule has 1 N–H and O–H groups in total. The molecule has 3 aromatic rings. The van der Waals surface area contributed by atoms with Gasteiger partial charge in [0.05, 0.1) is 11.6 Å². The maximum Gasteiger partial charge on any atom is 0.524 e. The molecule has 1 aromatic carbocycles. The molecule has 33 heavy (non-hydrogen) atoms. The lowest BCUT2D eigenvalue weighted by molar-refractivity contribution is -0.374. The average molecular weight is 479 g/mol. The zero-order valence-electron chi connectivity index (χ0n) is 17.5. The van der Waals surface area contributed by atoms with Crippen LogP contribution in [-0.2, 0) is 10.5 Å². The highest BCUT2D eigenvalue weighted by Crippen LogP contribution is 2.39. The zero-order chi connectivity index (χ0) is 22.3. The van der Waals surface area contributed by atoms with E-state index in [1.54, 1.807) is 24.3 Å². The smallest absolute Gasteiger partial charge is 0.315 e. The SMILES string of the molecule is Cl.O=c1n(C2CCNC2)c2ncccc2n1[C@@]1(OC(F)(F)F)C=CC(c2ccccc2)=CC1. The van der Waals surface area contributed by atoms with E-state index in [1.807, 2.05) is 30.3 Å². The molecule has 1 aliphatic heterocycles. The van der Waals surface area contributed by atoms with Crippen LogP contribution in [0.15, 0.2) is 71.7 Å². The summed E-state index contributed by atoms with van der Waals surface area (Å²) in [6.07, 6.45) is 1.69. The molecule has 2 aromatic heterocycles. The molecular formula is C23H22ClF3N4O2. The average Bonchev–Trinajstić information content (AvgIpc) is 3.39. The molecule has 0 spiro atoms. The van der Waals surface area contributed by atoms with Gasteiger partial charge in [-0.25, -0.2) is 9.78 Å². The summed E-state index contributed by atoms with van der Waals surface area (Å²) >= 11 is 0. The lowest BCUT2D eigenvalue weighted by atomic mass is 9.94. The number of nitrogens with one attached hydrogen (secondary N) is 1. The molecule has 1 unspecified atom stereocenters. The third kappa shape index (κ3) is 4.23. The van der Waals surface area contributed by atoms with E-state index in [9.17, 15) is 18.0 Å². The van der Waals surface area contributed by atoms with Crippen molar-refractivity contribution in [2.75, 3.05) is 13.1 Å². The lowest BCUT2D eigenvalue weighted by Crippen LogP contribution is -2.46. The van der Waals surface area contributed by atoms with Gasteiger partial charge in [-0.1, -0.05) is 42.5 Å².